The maximum atomic E-state index is 13.1. The van der Waals surface area contributed by atoms with E-state index in [1.54, 1.807) is 55.4 Å². The second-order valence-corrected chi connectivity index (χ2v) is 6.86. The summed E-state index contributed by atoms with van der Waals surface area (Å²) in [5.74, 6) is 0.857. The van der Waals surface area contributed by atoms with Gasteiger partial charge in [0, 0.05) is 18.9 Å². The fourth-order valence-corrected chi connectivity index (χ4v) is 3.35. The summed E-state index contributed by atoms with van der Waals surface area (Å²) in [5.41, 5.74) is 2.06. The quantitative estimate of drug-likeness (QED) is 0.447. The van der Waals surface area contributed by atoms with Crippen LogP contribution >= 0.6 is 0 Å². The van der Waals surface area contributed by atoms with Crippen LogP contribution in [0.4, 0.5) is 0 Å². The maximum absolute atomic E-state index is 13.1. The summed E-state index contributed by atoms with van der Waals surface area (Å²) in [6.45, 7) is 0.455. The molecule has 8 heteroatoms. The lowest BCUT2D eigenvalue weighted by Gasteiger charge is -2.12. The van der Waals surface area contributed by atoms with Gasteiger partial charge in [-0.2, -0.15) is 9.78 Å². The highest BCUT2D eigenvalue weighted by atomic mass is 16.5. The number of hydrogen-bond acceptors (Lipinski definition) is 6. The minimum Gasteiger partial charge on any atom is -0.497 e. The molecule has 0 N–H and O–H groups in total. The Labute approximate surface area is 178 Å². The highest BCUT2D eigenvalue weighted by Crippen LogP contribution is 2.24. The van der Waals surface area contributed by atoms with Crippen molar-refractivity contribution in [1.82, 2.24) is 14.3 Å². The zero-order valence-corrected chi connectivity index (χ0v) is 17.4. The van der Waals surface area contributed by atoms with E-state index in [4.69, 9.17) is 14.2 Å². The molecule has 0 amide bonds. The fourth-order valence-electron chi connectivity index (χ4n) is 3.35. The lowest BCUT2D eigenvalue weighted by molar-refractivity contribution is 0.0600. The van der Waals surface area contributed by atoms with Crippen molar-refractivity contribution in [2.75, 3.05) is 21.3 Å². The maximum Gasteiger partial charge on any atom is 0.341 e. The van der Waals surface area contributed by atoms with Crippen LogP contribution in [0.25, 0.3) is 16.9 Å². The van der Waals surface area contributed by atoms with E-state index in [0.29, 0.717) is 29.2 Å². The lowest BCUT2D eigenvalue weighted by atomic mass is 10.1. The second-order valence-electron chi connectivity index (χ2n) is 6.86. The molecule has 2 aromatic carbocycles. The molecule has 158 valence electrons. The zero-order valence-electron chi connectivity index (χ0n) is 17.4. The van der Waals surface area contributed by atoms with E-state index >= 15 is 0 Å². The van der Waals surface area contributed by atoms with Crippen LogP contribution < -0.4 is 15.0 Å². The Bertz CT molecular complexity index is 1240. The minimum atomic E-state index is -0.562. The smallest absolute Gasteiger partial charge is 0.341 e. The van der Waals surface area contributed by atoms with Crippen LogP contribution in [0.1, 0.15) is 15.9 Å². The van der Waals surface area contributed by atoms with Crippen molar-refractivity contribution in [2.24, 2.45) is 0 Å². The largest absolute Gasteiger partial charge is 0.497 e. The molecule has 2 aliphatic heterocycles. The van der Waals surface area contributed by atoms with Crippen molar-refractivity contribution < 1.29 is 19.0 Å². The number of pyridine rings is 1. The molecule has 31 heavy (non-hydrogen) atoms. The fraction of sp³-hybridized carbons (Fsp3) is 0.174. The van der Waals surface area contributed by atoms with Gasteiger partial charge in [-0.1, -0.05) is 12.1 Å². The molecule has 0 radical (unpaired) electrons. The van der Waals surface area contributed by atoms with Crippen molar-refractivity contribution >= 4 is 5.97 Å². The number of aromatic nitrogens is 3. The zero-order chi connectivity index (χ0) is 22.0. The van der Waals surface area contributed by atoms with Gasteiger partial charge in [0.15, 0.2) is 0 Å². The highest BCUT2D eigenvalue weighted by Gasteiger charge is 2.25. The van der Waals surface area contributed by atoms with Gasteiger partial charge in [0.1, 0.15) is 22.8 Å². The minimum absolute atomic E-state index is 0.220. The van der Waals surface area contributed by atoms with Gasteiger partial charge in [0.05, 0.1) is 32.6 Å². The Kier molecular flexibility index (Phi) is 5.44. The van der Waals surface area contributed by atoms with Crippen molar-refractivity contribution in [3.63, 3.8) is 0 Å². The molecular formula is C23H21N3O5. The molecule has 2 aromatic rings. The number of hydrogen-bond donors (Lipinski definition) is 0. The Morgan fingerprint density at radius 2 is 1.52 bits per heavy atom. The van der Waals surface area contributed by atoms with Crippen LogP contribution in [0.2, 0.25) is 0 Å². The molecule has 0 fully saturated rings. The normalized spacial score (nSPS) is 10.8. The van der Waals surface area contributed by atoms with Crippen molar-refractivity contribution in [2.45, 2.75) is 6.54 Å². The summed E-state index contributed by atoms with van der Waals surface area (Å²) >= 11 is 0. The number of fused-ring (bicyclic) bond motifs is 1. The first-order valence-electron chi connectivity index (χ1n) is 9.52. The average molecular weight is 419 g/mol. The monoisotopic (exact) mass is 419 g/mol. The molecule has 0 bridgehead atoms. The van der Waals surface area contributed by atoms with E-state index in [1.807, 2.05) is 24.3 Å². The van der Waals surface area contributed by atoms with E-state index in [2.05, 4.69) is 5.10 Å². The molecule has 0 saturated carbocycles. The summed E-state index contributed by atoms with van der Waals surface area (Å²) in [4.78, 5) is 25.6. The first kappa shape index (κ1) is 20.2. The third-order valence-electron chi connectivity index (χ3n) is 4.97. The Morgan fingerprint density at radius 1 is 0.903 bits per heavy atom. The summed E-state index contributed by atoms with van der Waals surface area (Å²) in [6.07, 6.45) is 3.34. The molecule has 4 rings (SSSR count). The average Bonchev–Trinajstić information content (AvgIpc) is 3.15. The van der Waals surface area contributed by atoms with Crippen molar-refractivity contribution in [1.29, 1.82) is 0 Å². The number of carbonyl (C=O) groups is 1. The van der Waals surface area contributed by atoms with E-state index in [0.717, 1.165) is 11.3 Å². The van der Waals surface area contributed by atoms with Gasteiger partial charge in [0.25, 0.3) is 5.56 Å². The molecule has 0 saturated heterocycles. The SMILES string of the molecule is COC(=O)c1cn(Cc2ccc(OC)cc2)cc2c(=O)n(-c3ccc(OC)cc3)nc1-2. The summed E-state index contributed by atoms with van der Waals surface area (Å²) in [5, 5.41) is 4.41. The highest BCUT2D eigenvalue weighted by molar-refractivity contribution is 5.96. The number of ether oxygens (including phenoxy) is 3. The molecular weight excluding hydrogens is 398 g/mol. The van der Waals surface area contributed by atoms with E-state index in [1.165, 1.54) is 11.8 Å². The van der Waals surface area contributed by atoms with E-state index < -0.39 is 5.97 Å². The standard InChI is InChI=1S/C23H21N3O5/c1-29-17-8-4-15(5-9-17)12-25-13-19-21(20(14-25)23(28)31-3)24-26(22(19)27)16-6-10-18(30-2)11-7-16/h4-11,13-14H,12H2,1-3H3. The Morgan fingerprint density at radius 3 is 2.10 bits per heavy atom. The number of nitrogens with zero attached hydrogens (tertiary/aromatic N) is 3. The van der Waals surface area contributed by atoms with Gasteiger partial charge < -0.3 is 18.8 Å². The summed E-state index contributed by atoms with van der Waals surface area (Å²) in [7, 11) is 4.48. The number of rotatable bonds is 6. The first-order valence-corrected chi connectivity index (χ1v) is 9.52. The summed E-state index contributed by atoms with van der Waals surface area (Å²) in [6, 6.07) is 14.5. The number of methoxy groups -OCH3 is 3. The third-order valence-corrected chi connectivity index (χ3v) is 4.97. The van der Waals surface area contributed by atoms with Gasteiger partial charge in [-0.25, -0.2) is 4.79 Å². The van der Waals surface area contributed by atoms with Crippen LogP contribution in [0.3, 0.4) is 0 Å². The van der Waals surface area contributed by atoms with E-state index in [-0.39, 0.29) is 11.1 Å². The van der Waals surface area contributed by atoms with Crippen LogP contribution in [-0.2, 0) is 11.3 Å². The second kappa shape index (κ2) is 8.35. The lowest BCUT2D eigenvalue weighted by Crippen LogP contribution is -2.15. The number of carbonyl (C=O) groups excluding carboxylic acids is 1. The van der Waals surface area contributed by atoms with Gasteiger partial charge in [-0.15, -0.1) is 0 Å². The number of esters is 1. The molecule has 0 aromatic heterocycles. The van der Waals surface area contributed by atoms with Crippen LogP contribution in [0.5, 0.6) is 11.5 Å². The van der Waals surface area contributed by atoms with Gasteiger partial charge >= 0.3 is 5.97 Å². The van der Waals surface area contributed by atoms with Crippen molar-refractivity contribution in [3.05, 3.63) is 82.4 Å². The van der Waals surface area contributed by atoms with Crippen molar-refractivity contribution in [3.8, 4) is 28.4 Å². The topological polar surface area (TPSA) is 84.6 Å². The molecule has 8 nitrogen and oxygen atoms in total. The number of benzene rings is 2. The molecule has 0 unspecified atom stereocenters. The molecule has 2 aliphatic rings. The van der Waals surface area contributed by atoms with Gasteiger partial charge in [0.2, 0.25) is 0 Å². The third kappa shape index (κ3) is 3.87. The predicted molar refractivity (Wildman–Crippen MR) is 114 cm³/mol. The Balaban J connectivity index is 1.81. The van der Waals surface area contributed by atoms with Crippen LogP contribution in [0, 0.1) is 0 Å². The van der Waals surface area contributed by atoms with Crippen LogP contribution in [-0.4, -0.2) is 41.6 Å². The van der Waals surface area contributed by atoms with Crippen LogP contribution in [0.15, 0.2) is 65.7 Å². The molecule has 0 aliphatic carbocycles. The predicted octanol–water partition coefficient (Wildman–Crippen LogP) is 2.99. The molecule has 0 spiro atoms. The Hall–Kier alpha value is -4.07. The first-order chi connectivity index (χ1) is 15.0. The molecule has 2 heterocycles. The summed E-state index contributed by atoms with van der Waals surface area (Å²) < 4.78 is 18.3. The van der Waals surface area contributed by atoms with Gasteiger partial charge in [-0.3, -0.25) is 4.79 Å². The van der Waals surface area contributed by atoms with E-state index in [9.17, 15) is 9.59 Å². The molecule has 0 atom stereocenters. The van der Waals surface area contributed by atoms with Gasteiger partial charge in [-0.05, 0) is 42.0 Å².